The van der Waals surface area contributed by atoms with E-state index in [0.717, 1.165) is 5.75 Å². The van der Waals surface area contributed by atoms with Gasteiger partial charge < -0.3 is 24.9 Å². The van der Waals surface area contributed by atoms with Gasteiger partial charge in [-0.05, 0) is 36.8 Å². The van der Waals surface area contributed by atoms with Crippen LogP contribution in [0.4, 0.5) is 10.5 Å². The maximum Gasteiger partial charge on any atom is 0.319 e. The second-order valence-corrected chi connectivity index (χ2v) is 4.47. The Balaban J connectivity index is 1.72. The van der Waals surface area contributed by atoms with Crippen molar-refractivity contribution in [2.45, 2.75) is 12.5 Å². The first kappa shape index (κ1) is 14.9. The fraction of sp³-hybridized carbons (Fsp3) is 0.267. The zero-order chi connectivity index (χ0) is 15.1. The highest BCUT2D eigenvalue weighted by Crippen LogP contribution is 2.16. The number of carbonyl (C=O) groups is 1. The van der Waals surface area contributed by atoms with E-state index in [1.807, 2.05) is 0 Å². The summed E-state index contributed by atoms with van der Waals surface area (Å²) in [5.41, 5.74) is 1.37. The molecule has 0 spiro atoms. The van der Waals surface area contributed by atoms with Crippen LogP contribution in [0.25, 0.3) is 0 Å². The molecule has 3 N–H and O–H groups in total. The number of benzene rings is 1. The molecule has 0 bridgehead atoms. The number of aliphatic hydroxyl groups excluding tert-OH is 1. The molecule has 1 aromatic heterocycles. The number of ether oxygens (including phenoxy) is 1. The van der Waals surface area contributed by atoms with Crippen molar-refractivity contribution in [3.05, 3.63) is 48.4 Å². The van der Waals surface area contributed by atoms with Crippen LogP contribution in [-0.2, 0) is 0 Å². The fourth-order valence-corrected chi connectivity index (χ4v) is 1.80. The summed E-state index contributed by atoms with van der Waals surface area (Å²) in [5.74, 6) is 0.726. The molecule has 112 valence electrons. The van der Waals surface area contributed by atoms with Gasteiger partial charge >= 0.3 is 6.03 Å². The molecule has 0 fully saturated rings. The molecule has 2 aromatic rings. The second-order valence-electron chi connectivity index (χ2n) is 4.47. The Kier molecular flexibility index (Phi) is 5.22. The van der Waals surface area contributed by atoms with Crippen molar-refractivity contribution < 1.29 is 19.1 Å². The lowest BCUT2D eigenvalue weighted by Gasteiger charge is -2.10. The van der Waals surface area contributed by atoms with Crippen molar-refractivity contribution in [2.24, 2.45) is 0 Å². The minimum Gasteiger partial charge on any atom is -0.497 e. The van der Waals surface area contributed by atoms with Crippen LogP contribution in [0, 0.1) is 0 Å². The van der Waals surface area contributed by atoms with Gasteiger partial charge in [0.25, 0.3) is 0 Å². The summed E-state index contributed by atoms with van der Waals surface area (Å²) in [6.45, 7) is 0.355. The van der Waals surface area contributed by atoms with Gasteiger partial charge in [0.15, 0.2) is 0 Å². The average molecular weight is 290 g/mol. The Morgan fingerprint density at radius 2 is 2.10 bits per heavy atom. The number of aliphatic hydroxyl groups is 1. The number of urea groups is 1. The Labute approximate surface area is 122 Å². The van der Waals surface area contributed by atoms with Crippen LogP contribution < -0.4 is 15.4 Å². The Morgan fingerprint density at radius 1 is 1.33 bits per heavy atom. The normalized spacial score (nSPS) is 11.7. The minimum absolute atomic E-state index is 0.320. The number of methoxy groups -OCH3 is 1. The van der Waals surface area contributed by atoms with Crippen LogP contribution in [0.15, 0.2) is 47.3 Å². The lowest BCUT2D eigenvalue weighted by Crippen LogP contribution is -2.30. The van der Waals surface area contributed by atoms with Gasteiger partial charge in [0.2, 0.25) is 0 Å². The van der Waals surface area contributed by atoms with Crippen molar-refractivity contribution in [1.29, 1.82) is 0 Å². The number of hydrogen-bond donors (Lipinski definition) is 3. The second kappa shape index (κ2) is 7.35. The van der Waals surface area contributed by atoms with Gasteiger partial charge in [-0.2, -0.15) is 0 Å². The Hall–Kier alpha value is -2.47. The average Bonchev–Trinajstić information content (AvgIpc) is 3.02. The van der Waals surface area contributed by atoms with Gasteiger partial charge in [0, 0.05) is 17.8 Å². The summed E-state index contributed by atoms with van der Waals surface area (Å²) in [4.78, 5) is 11.7. The molecule has 0 aliphatic heterocycles. The molecule has 0 saturated carbocycles. The number of carbonyl (C=O) groups excluding carboxylic acids is 1. The standard InChI is InChI=1S/C15H18N2O4/c1-20-13-4-2-12(3-5-13)17-15(19)16-8-6-14(18)11-7-9-21-10-11/h2-5,7,9-10,14,18H,6,8H2,1H3,(H2,16,17,19). The quantitative estimate of drug-likeness (QED) is 0.763. The number of rotatable bonds is 6. The van der Waals surface area contributed by atoms with E-state index in [0.29, 0.717) is 24.2 Å². The largest absolute Gasteiger partial charge is 0.497 e. The minimum atomic E-state index is -0.648. The maximum absolute atomic E-state index is 11.7. The molecule has 1 heterocycles. The predicted octanol–water partition coefficient (Wildman–Crippen LogP) is 2.53. The highest BCUT2D eigenvalue weighted by molar-refractivity contribution is 5.89. The zero-order valence-electron chi connectivity index (χ0n) is 11.7. The van der Waals surface area contributed by atoms with Gasteiger partial charge in [-0.25, -0.2) is 4.79 Å². The summed E-state index contributed by atoms with van der Waals surface area (Å²) in [5, 5.41) is 15.2. The number of furan rings is 1. The number of nitrogens with one attached hydrogen (secondary N) is 2. The van der Waals surface area contributed by atoms with Crippen LogP contribution in [0.3, 0.4) is 0 Å². The first-order valence-electron chi connectivity index (χ1n) is 6.58. The molecule has 1 atom stereocenters. The summed E-state index contributed by atoms with van der Waals surface area (Å²) in [7, 11) is 1.58. The van der Waals surface area contributed by atoms with E-state index in [-0.39, 0.29) is 6.03 Å². The first-order chi connectivity index (χ1) is 10.2. The van der Waals surface area contributed by atoms with E-state index in [4.69, 9.17) is 9.15 Å². The van der Waals surface area contributed by atoms with E-state index in [1.54, 1.807) is 37.4 Å². The fourth-order valence-electron chi connectivity index (χ4n) is 1.80. The third kappa shape index (κ3) is 4.54. The van der Waals surface area contributed by atoms with Gasteiger partial charge in [-0.3, -0.25) is 0 Å². The highest BCUT2D eigenvalue weighted by atomic mass is 16.5. The molecule has 6 nitrogen and oxygen atoms in total. The predicted molar refractivity (Wildman–Crippen MR) is 78.3 cm³/mol. The smallest absolute Gasteiger partial charge is 0.319 e. The molecule has 0 saturated heterocycles. The van der Waals surface area contributed by atoms with Crippen LogP contribution in [0.2, 0.25) is 0 Å². The van der Waals surface area contributed by atoms with Crippen LogP contribution in [0.1, 0.15) is 18.1 Å². The molecule has 0 aliphatic rings. The van der Waals surface area contributed by atoms with Crippen LogP contribution in [-0.4, -0.2) is 24.8 Å². The van der Waals surface area contributed by atoms with Crippen LogP contribution in [0.5, 0.6) is 5.75 Å². The molecular formula is C15H18N2O4. The third-order valence-corrected chi connectivity index (χ3v) is 2.98. The zero-order valence-corrected chi connectivity index (χ0v) is 11.7. The van der Waals surface area contributed by atoms with Crippen LogP contribution >= 0.6 is 0 Å². The number of amides is 2. The summed E-state index contributed by atoms with van der Waals surface area (Å²) < 4.78 is 9.93. The lowest BCUT2D eigenvalue weighted by molar-refractivity contribution is 0.166. The van der Waals surface area contributed by atoms with E-state index in [2.05, 4.69) is 10.6 Å². The topological polar surface area (TPSA) is 83.7 Å². The molecule has 6 heteroatoms. The number of hydrogen-bond acceptors (Lipinski definition) is 4. The maximum atomic E-state index is 11.7. The molecule has 2 amide bonds. The molecule has 0 radical (unpaired) electrons. The van der Waals surface area contributed by atoms with E-state index >= 15 is 0 Å². The van der Waals surface area contributed by atoms with Crippen molar-refractivity contribution in [3.63, 3.8) is 0 Å². The molecule has 1 aromatic carbocycles. The Morgan fingerprint density at radius 3 is 2.71 bits per heavy atom. The molecule has 2 rings (SSSR count). The SMILES string of the molecule is COc1ccc(NC(=O)NCCC(O)c2ccoc2)cc1. The summed E-state index contributed by atoms with van der Waals surface area (Å²) in [6.07, 6.45) is 2.75. The molecule has 1 unspecified atom stereocenters. The molecule has 21 heavy (non-hydrogen) atoms. The van der Waals surface area contributed by atoms with Gasteiger partial charge in [-0.15, -0.1) is 0 Å². The van der Waals surface area contributed by atoms with Gasteiger partial charge in [0.1, 0.15) is 5.75 Å². The van der Waals surface area contributed by atoms with Crippen molar-refractivity contribution >= 4 is 11.7 Å². The lowest BCUT2D eigenvalue weighted by atomic mass is 10.1. The molecule has 0 aliphatic carbocycles. The van der Waals surface area contributed by atoms with E-state index in [1.165, 1.54) is 12.5 Å². The van der Waals surface area contributed by atoms with Crippen molar-refractivity contribution in [1.82, 2.24) is 5.32 Å². The van der Waals surface area contributed by atoms with Gasteiger partial charge in [-0.1, -0.05) is 0 Å². The first-order valence-corrected chi connectivity index (χ1v) is 6.58. The van der Waals surface area contributed by atoms with Gasteiger partial charge in [0.05, 0.1) is 25.7 Å². The molecular weight excluding hydrogens is 272 g/mol. The monoisotopic (exact) mass is 290 g/mol. The van der Waals surface area contributed by atoms with E-state index in [9.17, 15) is 9.90 Å². The highest BCUT2D eigenvalue weighted by Gasteiger charge is 2.09. The van der Waals surface area contributed by atoms with Crippen molar-refractivity contribution in [2.75, 3.05) is 19.0 Å². The number of anilines is 1. The summed E-state index contributed by atoms with van der Waals surface area (Å²) >= 11 is 0. The third-order valence-electron chi connectivity index (χ3n) is 2.98. The summed E-state index contributed by atoms with van der Waals surface area (Å²) in [6, 6.07) is 8.40. The van der Waals surface area contributed by atoms with Crippen molar-refractivity contribution in [3.8, 4) is 5.75 Å². The Bertz CT molecular complexity index is 552. The van der Waals surface area contributed by atoms with E-state index < -0.39 is 6.10 Å².